The second-order valence-corrected chi connectivity index (χ2v) is 3.35. The fourth-order valence-electron chi connectivity index (χ4n) is 1.42. The number of aliphatic hydroxyl groups is 1. The van der Waals surface area contributed by atoms with Gasteiger partial charge in [-0.05, 0) is 35.4 Å². The molecular weight excluding hydrogens is 188 g/mol. The molecular formula is C12H12N2O. The molecule has 0 fully saturated rings. The van der Waals surface area contributed by atoms with Gasteiger partial charge in [-0.15, -0.1) is 0 Å². The van der Waals surface area contributed by atoms with Crippen LogP contribution in [-0.2, 0) is 0 Å². The van der Waals surface area contributed by atoms with Crippen LogP contribution in [0.1, 0.15) is 17.2 Å². The number of aliphatic hydroxyl groups excluding tert-OH is 1. The predicted molar refractivity (Wildman–Crippen MR) is 59.2 cm³/mol. The van der Waals surface area contributed by atoms with Crippen molar-refractivity contribution in [3.63, 3.8) is 0 Å². The average Bonchev–Trinajstić information content (AvgIpc) is 2.30. The summed E-state index contributed by atoms with van der Waals surface area (Å²) in [5, 5.41) is 10.0. The van der Waals surface area contributed by atoms with Gasteiger partial charge in [0.15, 0.2) is 0 Å². The Morgan fingerprint density at radius 3 is 2.07 bits per heavy atom. The van der Waals surface area contributed by atoms with Crippen molar-refractivity contribution in [2.75, 3.05) is 5.73 Å². The summed E-state index contributed by atoms with van der Waals surface area (Å²) >= 11 is 0. The third kappa shape index (κ3) is 2.14. The molecule has 3 nitrogen and oxygen atoms in total. The molecule has 1 atom stereocenters. The Morgan fingerprint density at radius 2 is 1.47 bits per heavy atom. The van der Waals surface area contributed by atoms with Gasteiger partial charge >= 0.3 is 0 Å². The van der Waals surface area contributed by atoms with Gasteiger partial charge in [-0.3, -0.25) is 4.98 Å². The van der Waals surface area contributed by atoms with Crippen LogP contribution in [0.3, 0.4) is 0 Å². The van der Waals surface area contributed by atoms with E-state index in [2.05, 4.69) is 4.98 Å². The van der Waals surface area contributed by atoms with Gasteiger partial charge in [0.25, 0.3) is 0 Å². The van der Waals surface area contributed by atoms with Crippen LogP contribution >= 0.6 is 0 Å². The van der Waals surface area contributed by atoms with E-state index in [1.165, 1.54) is 0 Å². The third-order valence-electron chi connectivity index (χ3n) is 2.27. The third-order valence-corrected chi connectivity index (χ3v) is 2.27. The van der Waals surface area contributed by atoms with Crippen LogP contribution in [0.2, 0.25) is 0 Å². The number of rotatable bonds is 2. The highest BCUT2D eigenvalue weighted by Gasteiger charge is 2.08. The van der Waals surface area contributed by atoms with Gasteiger partial charge in [0.05, 0.1) is 0 Å². The van der Waals surface area contributed by atoms with E-state index < -0.39 is 6.10 Å². The summed E-state index contributed by atoms with van der Waals surface area (Å²) < 4.78 is 0. The number of hydrogen-bond donors (Lipinski definition) is 2. The first kappa shape index (κ1) is 9.68. The molecule has 2 rings (SSSR count). The van der Waals surface area contributed by atoms with Crippen LogP contribution in [-0.4, -0.2) is 10.1 Å². The molecule has 15 heavy (non-hydrogen) atoms. The lowest BCUT2D eigenvalue weighted by Gasteiger charge is -2.10. The Kier molecular flexibility index (Phi) is 2.65. The van der Waals surface area contributed by atoms with Gasteiger partial charge in [-0.2, -0.15) is 0 Å². The lowest BCUT2D eigenvalue weighted by Crippen LogP contribution is -1.99. The van der Waals surface area contributed by atoms with Crippen LogP contribution < -0.4 is 5.73 Å². The molecule has 1 aromatic heterocycles. The molecule has 0 radical (unpaired) electrons. The first-order chi connectivity index (χ1) is 7.27. The zero-order chi connectivity index (χ0) is 10.7. The largest absolute Gasteiger partial charge is 0.399 e. The maximum Gasteiger partial charge on any atom is 0.104 e. The van der Waals surface area contributed by atoms with E-state index in [1.807, 2.05) is 12.1 Å². The summed E-state index contributed by atoms with van der Waals surface area (Å²) in [6.45, 7) is 0. The van der Waals surface area contributed by atoms with E-state index in [4.69, 9.17) is 5.73 Å². The summed E-state index contributed by atoms with van der Waals surface area (Å²) in [5.74, 6) is 0. The fraction of sp³-hybridized carbons (Fsp3) is 0.0833. The predicted octanol–water partition coefficient (Wildman–Crippen LogP) is 1.75. The molecule has 2 aromatic rings. The number of aromatic nitrogens is 1. The second-order valence-electron chi connectivity index (χ2n) is 3.35. The molecule has 3 heteroatoms. The van der Waals surface area contributed by atoms with Crippen molar-refractivity contribution in [3.05, 3.63) is 59.9 Å². The van der Waals surface area contributed by atoms with Gasteiger partial charge in [0, 0.05) is 18.1 Å². The van der Waals surface area contributed by atoms with E-state index in [0.29, 0.717) is 5.69 Å². The monoisotopic (exact) mass is 200 g/mol. The summed E-state index contributed by atoms with van der Waals surface area (Å²) in [5.41, 5.74) is 7.93. The molecule has 0 saturated heterocycles. The van der Waals surface area contributed by atoms with Crippen molar-refractivity contribution in [1.29, 1.82) is 0 Å². The fourth-order valence-corrected chi connectivity index (χ4v) is 1.42. The Labute approximate surface area is 88.2 Å². The first-order valence-corrected chi connectivity index (χ1v) is 4.71. The first-order valence-electron chi connectivity index (χ1n) is 4.71. The van der Waals surface area contributed by atoms with Gasteiger partial charge in [-0.25, -0.2) is 0 Å². The second kappa shape index (κ2) is 4.11. The maximum absolute atomic E-state index is 10.0. The molecule has 1 heterocycles. The van der Waals surface area contributed by atoms with E-state index in [1.54, 1.807) is 36.7 Å². The molecule has 1 aromatic carbocycles. The normalized spacial score (nSPS) is 12.3. The van der Waals surface area contributed by atoms with E-state index in [-0.39, 0.29) is 0 Å². The number of benzene rings is 1. The lowest BCUT2D eigenvalue weighted by atomic mass is 10.0. The number of hydrogen-bond acceptors (Lipinski definition) is 3. The number of pyridine rings is 1. The molecule has 1 unspecified atom stereocenters. The molecule has 0 saturated carbocycles. The lowest BCUT2D eigenvalue weighted by molar-refractivity contribution is 0.220. The van der Waals surface area contributed by atoms with Crippen molar-refractivity contribution >= 4 is 5.69 Å². The topological polar surface area (TPSA) is 59.1 Å². The van der Waals surface area contributed by atoms with Crippen molar-refractivity contribution in [3.8, 4) is 0 Å². The van der Waals surface area contributed by atoms with E-state index in [9.17, 15) is 5.11 Å². The number of nitrogens with zero attached hydrogens (tertiary/aromatic N) is 1. The smallest absolute Gasteiger partial charge is 0.104 e. The Morgan fingerprint density at radius 1 is 0.933 bits per heavy atom. The number of nitrogen functional groups attached to an aromatic ring is 1. The number of anilines is 1. The number of nitrogens with two attached hydrogens (primary N) is 1. The summed E-state index contributed by atoms with van der Waals surface area (Å²) in [6, 6.07) is 10.8. The molecule has 0 aliphatic carbocycles. The van der Waals surface area contributed by atoms with Gasteiger partial charge < -0.3 is 10.8 Å². The van der Waals surface area contributed by atoms with Gasteiger partial charge in [-0.1, -0.05) is 12.1 Å². The van der Waals surface area contributed by atoms with Gasteiger partial charge in [0.1, 0.15) is 6.10 Å². The quantitative estimate of drug-likeness (QED) is 0.726. The summed E-state index contributed by atoms with van der Waals surface area (Å²) in [7, 11) is 0. The molecule has 3 N–H and O–H groups in total. The van der Waals surface area contributed by atoms with Crippen LogP contribution in [0.15, 0.2) is 48.8 Å². The zero-order valence-electron chi connectivity index (χ0n) is 8.17. The Hall–Kier alpha value is -1.87. The molecule has 0 spiro atoms. The van der Waals surface area contributed by atoms with Crippen LogP contribution in [0.25, 0.3) is 0 Å². The Bertz CT molecular complexity index is 425. The van der Waals surface area contributed by atoms with E-state index >= 15 is 0 Å². The SMILES string of the molecule is Nc1ccc(C(O)c2ccncc2)cc1. The molecule has 0 aliphatic rings. The van der Waals surface area contributed by atoms with Crippen molar-refractivity contribution in [2.24, 2.45) is 0 Å². The molecule has 0 aliphatic heterocycles. The minimum atomic E-state index is -0.617. The Balaban J connectivity index is 2.29. The van der Waals surface area contributed by atoms with E-state index in [0.717, 1.165) is 11.1 Å². The minimum Gasteiger partial charge on any atom is -0.399 e. The summed E-state index contributed by atoms with van der Waals surface area (Å²) in [6.07, 6.45) is 2.71. The summed E-state index contributed by atoms with van der Waals surface area (Å²) in [4.78, 5) is 3.90. The van der Waals surface area contributed by atoms with Crippen molar-refractivity contribution < 1.29 is 5.11 Å². The highest BCUT2D eigenvalue weighted by molar-refractivity contribution is 5.41. The molecule has 0 amide bonds. The van der Waals surface area contributed by atoms with Gasteiger partial charge in [0.2, 0.25) is 0 Å². The molecule has 76 valence electrons. The maximum atomic E-state index is 10.0. The van der Waals surface area contributed by atoms with Crippen LogP contribution in [0.4, 0.5) is 5.69 Å². The van der Waals surface area contributed by atoms with Crippen LogP contribution in [0, 0.1) is 0 Å². The average molecular weight is 200 g/mol. The minimum absolute atomic E-state index is 0.617. The zero-order valence-corrected chi connectivity index (χ0v) is 8.17. The molecule has 0 bridgehead atoms. The standard InChI is InChI=1S/C12H12N2O/c13-11-3-1-9(2-4-11)12(15)10-5-7-14-8-6-10/h1-8,12,15H,13H2. The highest BCUT2D eigenvalue weighted by atomic mass is 16.3. The van der Waals surface area contributed by atoms with Crippen molar-refractivity contribution in [2.45, 2.75) is 6.10 Å². The van der Waals surface area contributed by atoms with Crippen LogP contribution in [0.5, 0.6) is 0 Å². The van der Waals surface area contributed by atoms with Crippen molar-refractivity contribution in [1.82, 2.24) is 4.98 Å². The highest BCUT2D eigenvalue weighted by Crippen LogP contribution is 2.21.